The van der Waals surface area contributed by atoms with E-state index in [1.54, 1.807) is 12.1 Å². The maximum absolute atomic E-state index is 12.9. The Morgan fingerprint density at radius 2 is 1.78 bits per heavy atom. The highest BCUT2D eigenvalue weighted by atomic mass is 19.4. The second-order valence-electron chi connectivity index (χ2n) is 7.08. The average molecular weight is 452 g/mol. The molecule has 3 rings (SSSR count). The molecule has 0 radical (unpaired) electrons. The summed E-state index contributed by atoms with van der Waals surface area (Å²) in [7, 11) is 0. The summed E-state index contributed by atoms with van der Waals surface area (Å²) >= 11 is 0. The zero-order valence-electron chi connectivity index (χ0n) is 16.9. The predicted molar refractivity (Wildman–Crippen MR) is 105 cm³/mol. The summed E-state index contributed by atoms with van der Waals surface area (Å²) in [6.07, 6.45) is -4.72. The fourth-order valence-corrected chi connectivity index (χ4v) is 2.58. The molecule has 2 N–H and O–H groups in total. The molecule has 2 aromatic carbocycles. The topological polar surface area (TPSA) is 89.3 Å². The maximum atomic E-state index is 12.9. The third-order valence-corrected chi connectivity index (χ3v) is 4.37. The minimum absolute atomic E-state index is 0.0477. The Bertz CT molecular complexity index is 1020. The van der Waals surface area contributed by atoms with E-state index in [-0.39, 0.29) is 35.6 Å². The molecule has 0 saturated carbocycles. The molecule has 0 aliphatic heterocycles. The Kier molecular flexibility index (Phi) is 7.54. The number of hydrogen-bond acceptors (Lipinski definition) is 6. The van der Waals surface area contributed by atoms with Crippen molar-refractivity contribution < 1.29 is 31.7 Å². The van der Waals surface area contributed by atoms with E-state index in [9.17, 15) is 22.4 Å². The summed E-state index contributed by atoms with van der Waals surface area (Å²) in [5, 5.41) is 6.08. The van der Waals surface area contributed by atoms with Crippen molar-refractivity contribution in [1.82, 2.24) is 20.9 Å². The van der Waals surface area contributed by atoms with E-state index in [2.05, 4.69) is 25.5 Å². The Hall–Kier alpha value is -3.31. The Morgan fingerprint density at radius 3 is 2.41 bits per heavy atom. The van der Waals surface area contributed by atoms with Gasteiger partial charge < -0.3 is 9.84 Å². The van der Waals surface area contributed by atoms with Gasteiger partial charge in [0.1, 0.15) is 5.82 Å². The molecule has 32 heavy (non-hydrogen) atoms. The predicted octanol–water partition coefficient (Wildman–Crippen LogP) is 3.98. The second kappa shape index (κ2) is 10.3. The van der Waals surface area contributed by atoms with Crippen LogP contribution in [0.25, 0.3) is 11.4 Å². The lowest BCUT2D eigenvalue weighted by Gasteiger charge is -2.14. The van der Waals surface area contributed by atoms with Crippen molar-refractivity contribution in [3.05, 3.63) is 71.4 Å². The molecule has 1 aromatic heterocycles. The number of nitrogens with zero attached hydrogens (tertiary/aromatic N) is 2. The largest absolute Gasteiger partial charge is 0.471 e. The monoisotopic (exact) mass is 452 g/mol. The van der Waals surface area contributed by atoms with Crippen LogP contribution in [0.5, 0.6) is 0 Å². The molecule has 0 saturated heterocycles. The molecule has 0 aliphatic rings. The average Bonchev–Trinajstić information content (AvgIpc) is 3.27. The lowest BCUT2D eigenvalue weighted by atomic mass is 10.1. The standard InChI is InChI=1S/C21H20F4N4O3/c1-13(11-27-31-12-14-2-8-17(22)9-3-14)10-26-19(30)16-6-4-15(5-7-16)18-28-20(32-29-18)21(23,24)25/h2-9,13,27H,10-12H2,1H3,(H,26,30). The van der Waals surface area contributed by atoms with Gasteiger partial charge in [0.2, 0.25) is 5.82 Å². The first-order valence-electron chi connectivity index (χ1n) is 9.61. The van der Waals surface area contributed by atoms with Crippen LogP contribution in [0.1, 0.15) is 28.7 Å². The van der Waals surface area contributed by atoms with Crippen molar-refractivity contribution in [2.75, 3.05) is 13.1 Å². The number of halogens is 4. The fourth-order valence-electron chi connectivity index (χ4n) is 2.58. The highest BCUT2D eigenvalue weighted by molar-refractivity contribution is 5.94. The van der Waals surface area contributed by atoms with Crippen molar-refractivity contribution in [3.8, 4) is 11.4 Å². The summed E-state index contributed by atoms with van der Waals surface area (Å²) in [6, 6.07) is 11.8. The van der Waals surface area contributed by atoms with Gasteiger partial charge in [-0.2, -0.15) is 18.2 Å². The van der Waals surface area contributed by atoms with E-state index in [0.717, 1.165) is 5.56 Å². The highest BCUT2D eigenvalue weighted by Crippen LogP contribution is 2.29. The molecule has 1 unspecified atom stereocenters. The lowest BCUT2D eigenvalue weighted by Crippen LogP contribution is -2.33. The summed E-state index contributed by atoms with van der Waals surface area (Å²) in [6.45, 7) is 3.02. The molecule has 0 spiro atoms. The number of amides is 1. The Morgan fingerprint density at radius 1 is 1.09 bits per heavy atom. The minimum Gasteiger partial charge on any atom is -0.352 e. The molecule has 0 aliphatic carbocycles. The van der Waals surface area contributed by atoms with Gasteiger partial charge in [0.15, 0.2) is 0 Å². The number of benzene rings is 2. The van der Waals surface area contributed by atoms with Crippen LogP contribution in [0, 0.1) is 11.7 Å². The second-order valence-corrected chi connectivity index (χ2v) is 7.08. The van der Waals surface area contributed by atoms with Gasteiger partial charge in [-0.15, -0.1) is 0 Å². The first-order valence-corrected chi connectivity index (χ1v) is 9.61. The molecule has 170 valence electrons. The van der Waals surface area contributed by atoms with Crippen LogP contribution in [0.2, 0.25) is 0 Å². The quantitative estimate of drug-likeness (QED) is 0.290. The van der Waals surface area contributed by atoms with E-state index in [0.29, 0.717) is 18.7 Å². The fraction of sp³-hybridized carbons (Fsp3) is 0.286. The van der Waals surface area contributed by atoms with Gasteiger partial charge in [-0.25, -0.2) is 9.87 Å². The lowest BCUT2D eigenvalue weighted by molar-refractivity contribution is -0.159. The van der Waals surface area contributed by atoms with Gasteiger partial charge in [0.25, 0.3) is 5.91 Å². The molecule has 0 fully saturated rings. The summed E-state index contributed by atoms with van der Waals surface area (Å²) in [5.41, 5.74) is 4.24. The molecule has 3 aromatic rings. The van der Waals surface area contributed by atoms with Crippen molar-refractivity contribution >= 4 is 5.91 Å². The molecule has 1 heterocycles. The van der Waals surface area contributed by atoms with Crippen LogP contribution in [0.15, 0.2) is 53.1 Å². The molecular formula is C21H20F4N4O3. The normalized spacial score (nSPS) is 12.5. The van der Waals surface area contributed by atoms with E-state index in [1.165, 1.54) is 36.4 Å². The number of hydroxylamine groups is 1. The van der Waals surface area contributed by atoms with Gasteiger partial charge >= 0.3 is 12.1 Å². The summed E-state index contributed by atoms with van der Waals surface area (Å²) in [4.78, 5) is 20.9. The number of alkyl halides is 3. The van der Waals surface area contributed by atoms with Crippen LogP contribution >= 0.6 is 0 Å². The Labute approximate surface area is 180 Å². The summed E-state index contributed by atoms with van der Waals surface area (Å²) in [5.74, 6) is -2.25. The summed E-state index contributed by atoms with van der Waals surface area (Å²) < 4.78 is 54.7. The smallest absolute Gasteiger partial charge is 0.352 e. The molecule has 0 bridgehead atoms. The third kappa shape index (κ3) is 6.59. The number of rotatable bonds is 9. The zero-order chi connectivity index (χ0) is 23.1. The first kappa shape index (κ1) is 23.4. The number of nitrogens with one attached hydrogen (secondary N) is 2. The van der Waals surface area contributed by atoms with Gasteiger partial charge in [-0.05, 0) is 35.7 Å². The van der Waals surface area contributed by atoms with Crippen molar-refractivity contribution in [2.45, 2.75) is 19.7 Å². The van der Waals surface area contributed by atoms with Crippen molar-refractivity contribution in [3.63, 3.8) is 0 Å². The van der Waals surface area contributed by atoms with Gasteiger partial charge in [0.05, 0.1) is 6.61 Å². The van der Waals surface area contributed by atoms with Gasteiger partial charge in [-0.1, -0.05) is 36.3 Å². The number of aromatic nitrogens is 2. The minimum atomic E-state index is -4.72. The third-order valence-electron chi connectivity index (χ3n) is 4.37. The van der Waals surface area contributed by atoms with E-state index >= 15 is 0 Å². The Balaban J connectivity index is 1.41. The van der Waals surface area contributed by atoms with E-state index in [1.807, 2.05) is 6.92 Å². The van der Waals surface area contributed by atoms with Crippen LogP contribution in [-0.2, 0) is 17.6 Å². The zero-order valence-corrected chi connectivity index (χ0v) is 16.9. The van der Waals surface area contributed by atoms with Gasteiger partial charge in [-0.3, -0.25) is 9.63 Å². The highest BCUT2D eigenvalue weighted by Gasteiger charge is 2.38. The van der Waals surface area contributed by atoms with E-state index < -0.39 is 12.1 Å². The molecule has 7 nitrogen and oxygen atoms in total. The van der Waals surface area contributed by atoms with Crippen LogP contribution in [0.4, 0.5) is 17.6 Å². The van der Waals surface area contributed by atoms with Crippen LogP contribution in [0.3, 0.4) is 0 Å². The van der Waals surface area contributed by atoms with Crippen LogP contribution in [-0.4, -0.2) is 29.1 Å². The molecule has 11 heteroatoms. The van der Waals surface area contributed by atoms with Crippen molar-refractivity contribution in [2.24, 2.45) is 5.92 Å². The van der Waals surface area contributed by atoms with Crippen molar-refractivity contribution in [1.29, 1.82) is 0 Å². The SMILES string of the molecule is CC(CNOCc1ccc(F)cc1)CNC(=O)c1ccc(-c2noc(C(F)(F)F)n2)cc1. The first-order chi connectivity index (χ1) is 15.2. The molecule has 1 atom stereocenters. The number of carbonyl (C=O) groups excluding carboxylic acids is 1. The number of carbonyl (C=O) groups is 1. The number of hydrogen-bond donors (Lipinski definition) is 2. The van der Waals surface area contributed by atoms with Crippen LogP contribution < -0.4 is 10.8 Å². The van der Waals surface area contributed by atoms with Gasteiger partial charge in [0, 0.05) is 24.2 Å². The van der Waals surface area contributed by atoms with E-state index in [4.69, 9.17) is 4.84 Å². The molecular weight excluding hydrogens is 432 g/mol. The maximum Gasteiger partial charge on any atom is 0.471 e. The molecule has 1 amide bonds.